The standard InChI is InChI=1S/C22H28N4O5S/c1-2-24-12-14-25(15-13-24)32(29,30)18-9-7-17(8-10-18)23-21(27)19-5-3-11-26(19)22(28)20-6-4-16-31-20/h4,6-10,16,19H,2-3,5,11-15H2,1H3,(H,23,27). The molecule has 2 aliphatic rings. The summed E-state index contributed by atoms with van der Waals surface area (Å²) in [4.78, 5) is 29.4. The number of hydrogen-bond donors (Lipinski definition) is 1. The Hall–Kier alpha value is -2.69. The van der Waals surface area contributed by atoms with Crippen molar-refractivity contribution in [2.24, 2.45) is 0 Å². The molecule has 10 heteroatoms. The Labute approximate surface area is 188 Å². The van der Waals surface area contributed by atoms with E-state index in [2.05, 4.69) is 17.1 Å². The van der Waals surface area contributed by atoms with Gasteiger partial charge in [0.15, 0.2) is 5.76 Å². The van der Waals surface area contributed by atoms with Gasteiger partial charge in [-0.05, 0) is 55.8 Å². The molecule has 32 heavy (non-hydrogen) atoms. The molecule has 0 saturated carbocycles. The molecule has 2 fully saturated rings. The van der Waals surface area contributed by atoms with Crippen molar-refractivity contribution in [1.29, 1.82) is 0 Å². The molecule has 0 radical (unpaired) electrons. The van der Waals surface area contributed by atoms with Gasteiger partial charge in [-0.15, -0.1) is 0 Å². The quantitative estimate of drug-likeness (QED) is 0.706. The molecule has 3 heterocycles. The third kappa shape index (κ3) is 4.57. The lowest BCUT2D eigenvalue weighted by atomic mass is 10.2. The van der Waals surface area contributed by atoms with E-state index in [1.807, 2.05) is 0 Å². The van der Waals surface area contributed by atoms with E-state index in [1.54, 1.807) is 24.3 Å². The first-order valence-electron chi connectivity index (χ1n) is 10.9. The number of anilines is 1. The van der Waals surface area contributed by atoms with Crippen LogP contribution in [0.4, 0.5) is 5.69 Å². The molecule has 1 atom stereocenters. The van der Waals surface area contributed by atoms with E-state index in [1.165, 1.54) is 27.6 Å². The molecule has 2 amide bonds. The number of likely N-dealkylation sites (N-methyl/N-ethyl adjacent to an activating group) is 1. The number of likely N-dealkylation sites (tertiary alicyclic amines) is 1. The van der Waals surface area contributed by atoms with E-state index >= 15 is 0 Å². The van der Waals surface area contributed by atoms with Gasteiger partial charge >= 0.3 is 0 Å². The van der Waals surface area contributed by atoms with Gasteiger partial charge in [0.05, 0.1) is 11.2 Å². The van der Waals surface area contributed by atoms with E-state index in [-0.39, 0.29) is 22.5 Å². The molecular formula is C22H28N4O5S. The summed E-state index contributed by atoms with van der Waals surface area (Å²) in [5.41, 5.74) is 0.488. The number of furan rings is 1. The van der Waals surface area contributed by atoms with Crippen molar-refractivity contribution in [2.75, 3.05) is 44.6 Å². The predicted octanol–water partition coefficient (Wildman–Crippen LogP) is 1.85. The summed E-state index contributed by atoms with van der Waals surface area (Å²) < 4.78 is 32.5. The van der Waals surface area contributed by atoms with Gasteiger partial charge in [0.1, 0.15) is 6.04 Å². The van der Waals surface area contributed by atoms with E-state index in [0.29, 0.717) is 31.7 Å². The minimum atomic E-state index is -3.57. The van der Waals surface area contributed by atoms with Crippen molar-refractivity contribution in [3.05, 3.63) is 48.4 Å². The van der Waals surface area contributed by atoms with Crippen LogP contribution in [0.15, 0.2) is 52.0 Å². The number of hydrogen-bond acceptors (Lipinski definition) is 6. The highest BCUT2D eigenvalue weighted by Gasteiger charge is 2.35. The first kappa shape index (κ1) is 22.5. The van der Waals surface area contributed by atoms with Crippen LogP contribution in [0.3, 0.4) is 0 Å². The van der Waals surface area contributed by atoms with Crippen LogP contribution in [0.25, 0.3) is 0 Å². The molecule has 9 nitrogen and oxygen atoms in total. The average Bonchev–Trinajstić information content (AvgIpc) is 3.51. The molecule has 2 aromatic rings. The van der Waals surface area contributed by atoms with Crippen molar-refractivity contribution >= 4 is 27.5 Å². The van der Waals surface area contributed by atoms with Gasteiger partial charge in [0, 0.05) is 38.4 Å². The topological polar surface area (TPSA) is 103 Å². The van der Waals surface area contributed by atoms with Crippen LogP contribution < -0.4 is 5.32 Å². The van der Waals surface area contributed by atoms with E-state index < -0.39 is 16.1 Å². The Morgan fingerprint density at radius 3 is 2.41 bits per heavy atom. The fraction of sp³-hybridized carbons (Fsp3) is 0.455. The largest absolute Gasteiger partial charge is 0.459 e. The van der Waals surface area contributed by atoms with Crippen molar-refractivity contribution in [3.63, 3.8) is 0 Å². The number of benzene rings is 1. The number of carbonyl (C=O) groups is 2. The lowest BCUT2D eigenvalue weighted by molar-refractivity contribution is -0.119. The molecule has 0 bridgehead atoms. The number of nitrogens with zero attached hydrogens (tertiary/aromatic N) is 3. The minimum Gasteiger partial charge on any atom is -0.459 e. The number of sulfonamides is 1. The zero-order valence-corrected chi connectivity index (χ0v) is 18.9. The lowest BCUT2D eigenvalue weighted by Crippen LogP contribution is -2.48. The summed E-state index contributed by atoms with van der Waals surface area (Å²) in [6.07, 6.45) is 2.72. The van der Waals surface area contributed by atoms with Crippen molar-refractivity contribution in [2.45, 2.75) is 30.7 Å². The third-order valence-corrected chi connectivity index (χ3v) is 8.00. The molecule has 2 saturated heterocycles. The molecule has 172 valence electrons. The van der Waals surface area contributed by atoms with Gasteiger partial charge < -0.3 is 19.5 Å². The van der Waals surface area contributed by atoms with E-state index in [0.717, 1.165) is 26.1 Å². The molecule has 4 rings (SSSR count). The van der Waals surface area contributed by atoms with Gasteiger partial charge in [0.25, 0.3) is 5.91 Å². The maximum absolute atomic E-state index is 12.9. The van der Waals surface area contributed by atoms with E-state index in [4.69, 9.17) is 4.42 Å². The van der Waals surface area contributed by atoms with Crippen LogP contribution >= 0.6 is 0 Å². The molecule has 1 aromatic heterocycles. The monoisotopic (exact) mass is 460 g/mol. The lowest BCUT2D eigenvalue weighted by Gasteiger charge is -2.33. The zero-order valence-electron chi connectivity index (χ0n) is 18.1. The second-order valence-electron chi connectivity index (χ2n) is 7.99. The van der Waals surface area contributed by atoms with Crippen LogP contribution in [0.1, 0.15) is 30.3 Å². The second-order valence-corrected chi connectivity index (χ2v) is 9.92. The van der Waals surface area contributed by atoms with Gasteiger partial charge in [-0.1, -0.05) is 6.92 Å². The Morgan fingerprint density at radius 2 is 1.78 bits per heavy atom. The minimum absolute atomic E-state index is 0.205. The second kappa shape index (κ2) is 9.43. The number of amides is 2. The highest BCUT2D eigenvalue weighted by Crippen LogP contribution is 2.23. The normalized spacial score (nSPS) is 20.4. The first-order valence-corrected chi connectivity index (χ1v) is 12.3. The molecule has 0 spiro atoms. The van der Waals surface area contributed by atoms with Gasteiger partial charge in [-0.3, -0.25) is 9.59 Å². The predicted molar refractivity (Wildman–Crippen MR) is 119 cm³/mol. The highest BCUT2D eigenvalue weighted by atomic mass is 32.2. The Kier molecular flexibility index (Phi) is 6.63. The molecule has 1 N–H and O–H groups in total. The van der Waals surface area contributed by atoms with Crippen LogP contribution in [-0.2, 0) is 14.8 Å². The van der Waals surface area contributed by atoms with Crippen molar-refractivity contribution < 1.29 is 22.4 Å². The third-order valence-electron chi connectivity index (χ3n) is 6.09. The van der Waals surface area contributed by atoms with Gasteiger partial charge in [-0.2, -0.15) is 4.31 Å². The van der Waals surface area contributed by atoms with Crippen molar-refractivity contribution in [1.82, 2.24) is 14.1 Å². The average molecular weight is 461 g/mol. The van der Waals surface area contributed by atoms with Crippen molar-refractivity contribution in [3.8, 4) is 0 Å². The highest BCUT2D eigenvalue weighted by molar-refractivity contribution is 7.89. The molecule has 0 aliphatic carbocycles. The van der Waals surface area contributed by atoms with Gasteiger partial charge in [-0.25, -0.2) is 8.42 Å². The summed E-state index contributed by atoms with van der Waals surface area (Å²) in [6, 6.07) is 8.82. The maximum atomic E-state index is 12.9. The number of nitrogens with one attached hydrogen (secondary N) is 1. The Balaban J connectivity index is 1.40. The summed E-state index contributed by atoms with van der Waals surface area (Å²) in [5.74, 6) is -0.398. The van der Waals surface area contributed by atoms with Crippen LogP contribution in [-0.4, -0.2) is 79.6 Å². The summed E-state index contributed by atoms with van der Waals surface area (Å²) in [7, 11) is -3.57. The van der Waals surface area contributed by atoms with Gasteiger partial charge in [0.2, 0.25) is 15.9 Å². The summed E-state index contributed by atoms with van der Waals surface area (Å²) in [6.45, 7) is 5.84. The first-order chi connectivity index (χ1) is 15.4. The SMILES string of the molecule is CCN1CCN(S(=O)(=O)c2ccc(NC(=O)C3CCCN3C(=O)c3ccco3)cc2)CC1. The van der Waals surface area contributed by atoms with Crippen LogP contribution in [0, 0.1) is 0 Å². The number of rotatable bonds is 6. The Morgan fingerprint density at radius 1 is 1.06 bits per heavy atom. The molecule has 1 aromatic carbocycles. The molecule has 2 aliphatic heterocycles. The summed E-state index contributed by atoms with van der Waals surface area (Å²) in [5, 5.41) is 2.81. The zero-order chi connectivity index (χ0) is 22.7. The van der Waals surface area contributed by atoms with Crippen LogP contribution in [0.2, 0.25) is 0 Å². The Bertz CT molecular complexity index is 1040. The fourth-order valence-corrected chi connectivity index (χ4v) is 5.62. The maximum Gasteiger partial charge on any atom is 0.290 e. The van der Waals surface area contributed by atoms with Crippen LogP contribution in [0.5, 0.6) is 0 Å². The summed E-state index contributed by atoms with van der Waals surface area (Å²) >= 11 is 0. The number of piperazine rings is 1. The molecular weight excluding hydrogens is 432 g/mol. The van der Waals surface area contributed by atoms with E-state index in [9.17, 15) is 18.0 Å². The fourth-order valence-electron chi connectivity index (χ4n) is 4.20. The number of carbonyl (C=O) groups excluding carboxylic acids is 2. The molecule has 1 unspecified atom stereocenters. The smallest absolute Gasteiger partial charge is 0.290 e.